The number of unbranched alkanes of at least 4 members (excludes halogenated alkanes) is 1. The molecular formula is C16H20N2O3S2. The molecule has 124 valence electrons. The second kappa shape index (κ2) is 8.24. The normalized spacial score (nSPS) is 11.3. The van der Waals surface area contributed by atoms with Gasteiger partial charge in [0.05, 0.1) is 6.54 Å². The molecule has 1 heterocycles. The van der Waals surface area contributed by atoms with E-state index in [2.05, 4.69) is 10.0 Å². The molecule has 0 saturated carbocycles. The summed E-state index contributed by atoms with van der Waals surface area (Å²) in [7, 11) is -3.45. The molecule has 0 radical (unpaired) electrons. The molecule has 0 aliphatic heterocycles. The molecule has 5 nitrogen and oxygen atoms in total. The second-order valence-electron chi connectivity index (χ2n) is 5.02. The van der Waals surface area contributed by atoms with Crippen molar-refractivity contribution in [3.05, 3.63) is 52.9 Å². The smallest absolute Gasteiger partial charge is 0.251 e. The van der Waals surface area contributed by atoms with Crippen LogP contribution in [0.15, 0.2) is 46.7 Å². The summed E-state index contributed by atoms with van der Waals surface area (Å²) < 4.78 is 27.0. The van der Waals surface area contributed by atoms with Gasteiger partial charge in [0.25, 0.3) is 5.91 Å². The molecule has 0 bridgehead atoms. The standard InChI is InChI=1S/C16H20N2O3S2/c1-2-3-11-18-23(20,21)15-10-9-14(22-15)12-17-16(19)13-7-5-4-6-8-13/h4-10,18H,2-3,11-12H2,1H3,(H,17,19). The number of carbonyl (C=O) groups is 1. The lowest BCUT2D eigenvalue weighted by Crippen LogP contribution is -2.24. The first-order valence-corrected chi connectivity index (χ1v) is 9.74. The molecule has 23 heavy (non-hydrogen) atoms. The van der Waals surface area contributed by atoms with Crippen molar-refractivity contribution >= 4 is 27.3 Å². The van der Waals surface area contributed by atoms with Gasteiger partial charge in [0, 0.05) is 17.0 Å². The Bertz CT molecular complexity index is 740. The fourth-order valence-electron chi connectivity index (χ4n) is 1.91. The summed E-state index contributed by atoms with van der Waals surface area (Å²) in [4.78, 5) is 12.8. The van der Waals surface area contributed by atoms with Gasteiger partial charge in [0.2, 0.25) is 10.0 Å². The van der Waals surface area contributed by atoms with Gasteiger partial charge in [-0.3, -0.25) is 4.79 Å². The van der Waals surface area contributed by atoms with Crippen molar-refractivity contribution in [3.63, 3.8) is 0 Å². The Labute approximate surface area is 140 Å². The fraction of sp³-hybridized carbons (Fsp3) is 0.312. The minimum atomic E-state index is -3.45. The Hall–Kier alpha value is -1.70. The molecule has 0 atom stereocenters. The maximum Gasteiger partial charge on any atom is 0.251 e. The minimum absolute atomic E-state index is 0.176. The van der Waals surface area contributed by atoms with E-state index < -0.39 is 10.0 Å². The number of benzene rings is 1. The van der Waals surface area contributed by atoms with Crippen LogP contribution in [-0.2, 0) is 16.6 Å². The number of amides is 1. The zero-order valence-electron chi connectivity index (χ0n) is 12.9. The van der Waals surface area contributed by atoms with E-state index in [1.165, 1.54) is 11.3 Å². The van der Waals surface area contributed by atoms with Gasteiger partial charge in [-0.05, 0) is 30.7 Å². The Kier molecular flexibility index (Phi) is 6.32. The van der Waals surface area contributed by atoms with Crippen LogP contribution in [0, 0.1) is 0 Å². The van der Waals surface area contributed by atoms with E-state index in [0.717, 1.165) is 17.7 Å². The first-order chi connectivity index (χ1) is 11.0. The second-order valence-corrected chi connectivity index (χ2v) is 8.18. The molecular weight excluding hydrogens is 332 g/mol. The third-order valence-corrected chi connectivity index (χ3v) is 6.22. The highest BCUT2D eigenvalue weighted by molar-refractivity contribution is 7.91. The summed E-state index contributed by atoms with van der Waals surface area (Å²) in [5.41, 5.74) is 0.582. The van der Waals surface area contributed by atoms with Gasteiger partial charge < -0.3 is 5.32 Å². The van der Waals surface area contributed by atoms with Crippen LogP contribution in [0.4, 0.5) is 0 Å². The van der Waals surface area contributed by atoms with Crippen molar-refractivity contribution in [1.29, 1.82) is 0 Å². The molecule has 0 saturated heterocycles. The van der Waals surface area contributed by atoms with E-state index in [0.29, 0.717) is 18.7 Å². The first kappa shape index (κ1) is 17.7. The molecule has 1 aromatic carbocycles. The van der Waals surface area contributed by atoms with Crippen LogP contribution in [0.2, 0.25) is 0 Å². The first-order valence-electron chi connectivity index (χ1n) is 7.44. The third kappa shape index (κ3) is 5.16. The number of rotatable bonds is 8. The van der Waals surface area contributed by atoms with Crippen LogP contribution in [0.1, 0.15) is 35.0 Å². The van der Waals surface area contributed by atoms with Crippen molar-refractivity contribution in [2.75, 3.05) is 6.54 Å². The van der Waals surface area contributed by atoms with E-state index in [9.17, 15) is 13.2 Å². The zero-order valence-corrected chi connectivity index (χ0v) is 14.5. The van der Waals surface area contributed by atoms with Gasteiger partial charge in [0.15, 0.2) is 0 Å². The van der Waals surface area contributed by atoms with Gasteiger partial charge in [-0.1, -0.05) is 31.5 Å². The number of carbonyl (C=O) groups excluding carboxylic acids is 1. The average Bonchev–Trinajstić information content (AvgIpc) is 3.03. The molecule has 0 fully saturated rings. The molecule has 0 spiro atoms. The van der Waals surface area contributed by atoms with E-state index in [4.69, 9.17) is 0 Å². The maximum atomic E-state index is 12.1. The molecule has 1 aromatic heterocycles. The van der Waals surface area contributed by atoms with Gasteiger partial charge in [-0.2, -0.15) is 0 Å². The molecule has 2 aromatic rings. The lowest BCUT2D eigenvalue weighted by Gasteiger charge is -2.04. The lowest BCUT2D eigenvalue weighted by molar-refractivity contribution is 0.0951. The largest absolute Gasteiger partial charge is 0.347 e. The third-order valence-electron chi connectivity index (χ3n) is 3.18. The quantitative estimate of drug-likeness (QED) is 0.717. The van der Waals surface area contributed by atoms with Crippen LogP contribution in [0.25, 0.3) is 0 Å². The summed E-state index contributed by atoms with van der Waals surface area (Å²) in [5, 5.41) is 2.79. The summed E-state index contributed by atoms with van der Waals surface area (Å²) in [6, 6.07) is 12.2. The average molecular weight is 352 g/mol. The van der Waals surface area contributed by atoms with Gasteiger partial charge in [-0.25, -0.2) is 13.1 Å². The van der Waals surface area contributed by atoms with E-state index in [-0.39, 0.29) is 10.1 Å². The monoisotopic (exact) mass is 352 g/mol. The fourth-order valence-corrected chi connectivity index (χ4v) is 4.33. The number of sulfonamides is 1. The zero-order chi connectivity index (χ0) is 16.7. The Morgan fingerprint density at radius 1 is 1.13 bits per heavy atom. The molecule has 1 amide bonds. The van der Waals surface area contributed by atoms with Gasteiger partial charge in [0.1, 0.15) is 4.21 Å². The molecule has 2 N–H and O–H groups in total. The highest BCUT2D eigenvalue weighted by Gasteiger charge is 2.16. The lowest BCUT2D eigenvalue weighted by atomic mass is 10.2. The predicted molar refractivity (Wildman–Crippen MR) is 92.0 cm³/mol. The Morgan fingerprint density at radius 3 is 2.57 bits per heavy atom. The van der Waals surface area contributed by atoms with Crippen LogP contribution < -0.4 is 10.0 Å². The Balaban J connectivity index is 1.93. The van der Waals surface area contributed by atoms with Crippen molar-refractivity contribution < 1.29 is 13.2 Å². The molecule has 0 aliphatic carbocycles. The van der Waals surface area contributed by atoms with Crippen molar-refractivity contribution in [3.8, 4) is 0 Å². The number of hydrogen-bond donors (Lipinski definition) is 2. The van der Waals surface area contributed by atoms with E-state index >= 15 is 0 Å². The molecule has 0 unspecified atom stereocenters. The summed E-state index contributed by atoms with van der Waals surface area (Å²) in [5.74, 6) is -0.176. The number of thiophene rings is 1. The Morgan fingerprint density at radius 2 is 1.87 bits per heavy atom. The summed E-state index contributed by atoms with van der Waals surface area (Å²) in [6.07, 6.45) is 1.74. The van der Waals surface area contributed by atoms with Gasteiger partial charge in [-0.15, -0.1) is 11.3 Å². The maximum absolute atomic E-state index is 12.1. The minimum Gasteiger partial charge on any atom is -0.347 e. The predicted octanol–water partition coefficient (Wildman–Crippen LogP) is 2.76. The SMILES string of the molecule is CCCCNS(=O)(=O)c1ccc(CNC(=O)c2ccccc2)s1. The number of nitrogens with one attached hydrogen (secondary N) is 2. The van der Waals surface area contributed by atoms with Crippen LogP contribution >= 0.6 is 11.3 Å². The van der Waals surface area contributed by atoms with Crippen molar-refractivity contribution in [2.24, 2.45) is 0 Å². The van der Waals surface area contributed by atoms with Crippen LogP contribution in [0.3, 0.4) is 0 Å². The van der Waals surface area contributed by atoms with Gasteiger partial charge >= 0.3 is 0 Å². The highest BCUT2D eigenvalue weighted by atomic mass is 32.2. The highest BCUT2D eigenvalue weighted by Crippen LogP contribution is 2.21. The summed E-state index contributed by atoms with van der Waals surface area (Å²) in [6.45, 7) is 2.76. The van der Waals surface area contributed by atoms with Crippen molar-refractivity contribution in [2.45, 2.75) is 30.5 Å². The number of hydrogen-bond acceptors (Lipinski definition) is 4. The topological polar surface area (TPSA) is 75.3 Å². The molecule has 7 heteroatoms. The summed E-state index contributed by atoms with van der Waals surface area (Å²) >= 11 is 1.17. The molecule has 2 rings (SSSR count). The van der Waals surface area contributed by atoms with Crippen molar-refractivity contribution in [1.82, 2.24) is 10.0 Å². The molecule has 0 aliphatic rings. The van der Waals surface area contributed by atoms with E-state index in [1.54, 1.807) is 36.4 Å². The van der Waals surface area contributed by atoms with Crippen LogP contribution in [-0.4, -0.2) is 20.9 Å². The van der Waals surface area contributed by atoms with Crippen LogP contribution in [0.5, 0.6) is 0 Å². The van der Waals surface area contributed by atoms with E-state index in [1.807, 2.05) is 13.0 Å².